The van der Waals surface area contributed by atoms with Crippen molar-refractivity contribution in [2.45, 2.75) is 13.0 Å². The summed E-state index contributed by atoms with van der Waals surface area (Å²) >= 11 is 1.55. The van der Waals surface area contributed by atoms with Gasteiger partial charge in [-0.25, -0.2) is 0 Å². The van der Waals surface area contributed by atoms with Crippen molar-refractivity contribution in [2.24, 2.45) is 0 Å². The van der Waals surface area contributed by atoms with Crippen LogP contribution in [0.15, 0.2) is 59.3 Å². The molecule has 4 rings (SSSR count). The second kappa shape index (κ2) is 8.14. The van der Waals surface area contributed by atoms with Gasteiger partial charge in [-0.05, 0) is 52.2 Å². The zero-order chi connectivity index (χ0) is 19.3. The Bertz CT molecular complexity index is 1000. The van der Waals surface area contributed by atoms with Gasteiger partial charge in [0.1, 0.15) is 0 Å². The summed E-state index contributed by atoms with van der Waals surface area (Å²) in [5.41, 5.74) is 2.76. The molecule has 7 heteroatoms. The third kappa shape index (κ3) is 4.15. The Labute approximate surface area is 166 Å². The van der Waals surface area contributed by atoms with E-state index in [0.29, 0.717) is 29.3 Å². The Balaban J connectivity index is 1.40. The van der Waals surface area contributed by atoms with Crippen molar-refractivity contribution in [3.63, 3.8) is 0 Å². The molecule has 0 unspecified atom stereocenters. The molecule has 0 spiro atoms. The number of carbonyl (C=O) groups is 2. The third-order valence-electron chi connectivity index (χ3n) is 4.28. The van der Waals surface area contributed by atoms with Crippen LogP contribution in [0.25, 0.3) is 0 Å². The third-order valence-corrected chi connectivity index (χ3v) is 5.01. The summed E-state index contributed by atoms with van der Waals surface area (Å²) in [5, 5.41) is 9.58. The second-order valence-corrected chi connectivity index (χ2v) is 7.05. The number of para-hydroxylation sites is 1. The highest BCUT2D eigenvalue weighted by Crippen LogP contribution is 2.32. The molecule has 28 heavy (non-hydrogen) atoms. The van der Waals surface area contributed by atoms with Gasteiger partial charge in [-0.2, -0.15) is 11.3 Å². The van der Waals surface area contributed by atoms with Crippen molar-refractivity contribution in [3.8, 4) is 11.5 Å². The molecule has 6 nitrogen and oxygen atoms in total. The highest BCUT2D eigenvalue weighted by atomic mass is 32.1. The number of amides is 2. The number of hydrogen-bond acceptors (Lipinski definition) is 5. The molecule has 0 bridgehead atoms. The van der Waals surface area contributed by atoms with Crippen molar-refractivity contribution in [2.75, 3.05) is 12.1 Å². The lowest BCUT2D eigenvalue weighted by atomic mass is 10.1. The van der Waals surface area contributed by atoms with E-state index < -0.39 is 0 Å². The molecular formula is C21H18N2O4S. The molecule has 2 N–H and O–H groups in total. The Kier molecular flexibility index (Phi) is 5.25. The van der Waals surface area contributed by atoms with Crippen LogP contribution in [-0.2, 0) is 17.8 Å². The maximum atomic E-state index is 12.7. The molecule has 0 saturated carbocycles. The highest BCUT2D eigenvalue weighted by Gasteiger charge is 2.15. The first-order valence-corrected chi connectivity index (χ1v) is 9.70. The highest BCUT2D eigenvalue weighted by molar-refractivity contribution is 7.08. The zero-order valence-electron chi connectivity index (χ0n) is 14.9. The minimum Gasteiger partial charge on any atom is -0.454 e. The average Bonchev–Trinajstić information content (AvgIpc) is 3.37. The number of carbonyl (C=O) groups excluding carboxylic acids is 2. The summed E-state index contributed by atoms with van der Waals surface area (Å²) < 4.78 is 10.6. The van der Waals surface area contributed by atoms with Crippen LogP contribution in [0.5, 0.6) is 11.5 Å². The molecular weight excluding hydrogens is 376 g/mol. The molecule has 1 aliphatic rings. The fraction of sp³-hybridized carbons (Fsp3) is 0.143. The van der Waals surface area contributed by atoms with Crippen LogP contribution in [0.4, 0.5) is 5.69 Å². The number of hydrogen-bond donors (Lipinski definition) is 2. The van der Waals surface area contributed by atoms with E-state index in [2.05, 4.69) is 10.6 Å². The van der Waals surface area contributed by atoms with Gasteiger partial charge in [0, 0.05) is 6.54 Å². The van der Waals surface area contributed by atoms with Gasteiger partial charge in [-0.3, -0.25) is 9.59 Å². The van der Waals surface area contributed by atoms with Gasteiger partial charge in [-0.1, -0.05) is 18.2 Å². The lowest BCUT2D eigenvalue weighted by Gasteiger charge is -2.11. The number of anilines is 1. The van der Waals surface area contributed by atoms with Gasteiger partial charge in [0.05, 0.1) is 17.7 Å². The van der Waals surface area contributed by atoms with Crippen molar-refractivity contribution in [1.29, 1.82) is 0 Å². The van der Waals surface area contributed by atoms with Crippen LogP contribution >= 0.6 is 11.3 Å². The summed E-state index contributed by atoms with van der Waals surface area (Å²) in [6.45, 7) is 0.552. The zero-order valence-corrected chi connectivity index (χ0v) is 15.8. The van der Waals surface area contributed by atoms with Crippen LogP contribution < -0.4 is 20.1 Å². The lowest BCUT2D eigenvalue weighted by Crippen LogP contribution is -2.25. The molecule has 1 aliphatic heterocycles. The van der Waals surface area contributed by atoms with Crippen LogP contribution in [0.1, 0.15) is 21.5 Å². The number of nitrogens with one attached hydrogen (secondary N) is 2. The normalized spacial score (nSPS) is 11.9. The molecule has 2 aromatic carbocycles. The van der Waals surface area contributed by atoms with Gasteiger partial charge in [0.15, 0.2) is 11.5 Å². The number of benzene rings is 2. The number of thiophene rings is 1. The molecule has 1 aromatic heterocycles. The van der Waals surface area contributed by atoms with Gasteiger partial charge in [0.25, 0.3) is 5.91 Å². The summed E-state index contributed by atoms with van der Waals surface area (Å²) in [7, 11) is 0. The van der Waals surface area contributed by atoms with Crippen LogP contribution in [0.3, 0.4) is 0 Å². The largest absolute Gasteiger partial charge is 0.454 e. The number of fused-ring (bicyclic) bond motifs is 1. The topological polar surface area (TPSA) is 76.7 Å². The van der Waals surface area contributed by atoms with Crippen molar-refractivity contribution in [1.82, 2.24) is 5.32 Å². The van der Waals surface area contributed by atoms with Crippen molar-refractivity contribution in [3.05, 3.63) is 76.0 Å². The Morgan fingerprint density at radius 2 is 1.86 bits per heavy atom. The molecule has 0 radical (unpaired) electrons. The summed E-state index contributed by atoms with van der Waals surface area (Å²) in [6.07, 6.45) is 0.274. The summed E-state index contributed by atoms with van der Waals surface area (Å²) in [5.74, 6) is 0.958. The molecule has 0 saturated heterocycles. The SMILES string of the molecule is O=C(Cc1ccsc1)Nc1ccccc1C(=O)NCc1ccc2c(c1)OCO2. The molecule has 0 aliphatic carbocycles. The van der Waals surface area contributed by atoms with E-state index >= 15 is 0 Å². The van der Waals surface area contributed by atoms with Crippen LogP contribution in [-0.4, -0.2) is 18.6 Å². The number of rotatable bonds is 6. The Morgan fingerprint density at radius 3 is 2.71 bits per heavy atom. The summed E-state index contributed by atoms with van der Waals surface area (Å²) in [4.78, 5) is 24.9. The standard InChI is InChI=1S/C21H18N2O4S/c24-20(10-15-7-8-28-12-15)23-17-4-2-1-3-16(17)21(25)22-11-14-5-6-18-19(9-14)27-13-26-18/h1-9,12H,10-11,13H2,(H,22,25)(H,23,24). The van der Waals surface area contributed by atoms with E-state index in [1.165, 1.54) is 0 Å². The molecule has 2 amide bonds. The molecule has 142 valence electrons. The van der Waals surface area contributed by atoms with E-state index in [4.69, 9.17) is 9.47 Å². The minimum atomic E-state index is -0.260. The average molecular weight is 394 g/mol. The van der Waals surface area contributed by atoms with E-state index in [1.54, 1.807) is 35.6 Å². The number of ether oxygens (including phenoxy) is 2. The van der Waals surface area contributed by atoms with Gasteiger partial charge < -0.3 is 20.1 Å². The maximum Gasteiger partial charge on any atom is 0.253 e. The van der Waals surface area contributed by atoms with Crippen LogP contribution in [0, 0.1) is 0 Å². The predicted octanol–water partition coefficient (Wildman–Crippen LogP) is 3.59. The smallest absolute Gasteiger partial charge is 0.253 e. The van der Waals surface area contributed by atoms with E-state index in [9.17, 15) is 9.59 Å². The maximum absolute atomic E-state index is 12.7. The predicted molar refractivity (Wildman–Crippen MR) is 107 cm³/mol. The molecule has 0 fully saturated rings. The fourth-order valence-electron chi connectivity index (χ4n) is 2.89. The first-order valence-electron chi connectivity index (χ1n) is 8.76. The molecule has 2 heterocycles. The van der Waals surface area contributed by atoms with Crippen molar-refractivity contribution < 1.29 is 19.1 Å². The summed E-state index contributed by atoms with van der Waals surface area (Å²) in [6, 6.07) is 14.4. The van der Waals surface area contributed by atoms with Crippen LogP contribution in [0.2, 0.25) is 0 Å². The van der Waals surface area contributed by atoms with E-state index in [0.717, 1.165) is 11.1 Å². The quantitative estimate of drug-likeness (QED) is 0.670. The van der Waals surface area contributed by atoms with E-state index in [1.807, 2.05) is 35.0 Å². The Hall–Kier alpha value is -3.32. The van der Waals surface area contributed by atoms with Crippen molar-refractivity contribution >= 4 is 28.8 Å². The monoisotopic (exact) mass is 394 g/mol. The molecule has 3 aromatic rings. The Morgan fingerprint density at radius 1 is 1.00 bits per heavy atom. The molecule has 0 atom stereocenters. The van der Waals surface area contributed by atoms with E-state index in [-0.39, 0.29) is 25.0 Å². The van der Waals surface area contributed by atoms with Gasteiger partial charge >= 0.3 is 0 Å². The van der Waals surface area contributed by atoms with Gasteiger partial charge in [-0.15, -0.1) is 0 Å². The second-order valence-electron chi connectivity index (χ2n) is 6.27. The first kappa shape index (κ1) is 18.1. The first-order chi connectivity index (χ1) is 13.7. The fourth-order valence-corrected chi connectivity index (χ4v) is 3.56. The minimum absolute atomic E-state index is 0.158. The van der Waals surface area contributed by atoms with Gasteiger partial charge in [0.2, 0.25) is 12.7 Å². The lowest BCUT2D eigenvalue weighted by molar-refractivity contribution is -0.115.